The van der Waals surface area contributed by atoms with Crippen molar-refractivity contribution in [3.05, 3.63) is 81.6 Å². The van der Waals surface area contributed by atoms with Gasteiger partial charge in [0.25, 0.3) is 0 Å². The minimum atomic E-state index is -0.606. The van der Waals surface area contributed by atoms with Crippen molar-refractivity contribution < 1.29 is 19.1 Å². The number of carbonyl (C=O) groups excluding carboxylic acids is 2. The number of nitrogens with one attached hydrogen (secondary N) is 1. The van der Waals surface area contributed by atoms with Gasteiger partial charge in [-0.3, -0.25) is 14.3 Å². The maximum atomic E-state index is 13.7. The Morgan fingerprint density at radius 3 is 2.51 bits per heavy atom. The molecule has 1 unspecified atom stereocenters. The lowest BCUT2D eigenvalue weighted by Gasteiger charge is -2.18. The maximum absolute atomic E-state index is 13.7. The molecule has 0 fully saturated rings. The van der Waals surface area contributed by atoms with Crippen LogP contribution in [-0.4, -0.2) is 23.1 Å². The van der Waals surface area contributed by atoms with Crippen molar-refractivity contribution >= 4 is 35.8 Å². The molecule has 1 amide bonds. The number of nitrogens with zero attached hydrogens (tertiary/aromatic N) is 1. The molecule has 6 nitrogen and oxygen atoms in total. The zero-order valence-corrected chi connectivity index (χ0v) is 21.9. The first-order chi connectivity index (χ1) is 16.7. The lowest BCUT2D eigenvalue weighted by Crippen LogP contribution is -2.25. The monoisotopic (exact) mass is 492 g/mol. The first-order valence-electron chi connectivity index (χ1n) is 11.4. The molecule has 0 aliphatic carbocycles. The Morgan fingerprint density at radius 2 is 1.83 bits per heavy atom. The Kier molecular flexibility index (Phi) is 8.82. The minimum Gasteiger partial charge on any atom is -0.454 e. The molecule has 1 aromatic carbocycles. The molecule has 2 heterocycles. The number of aromatic nitrogens is 1. The van der Waals surface area contributed by atoms with Crippen LogP contribution in [0.1, 0.15) is 62.9 Å². The zero-order valence-electron chi connectivity index (χ0n) is 21.0. The standard InChI is InChI=1S/C28H32N2O4S/c1-7-8-22-23(16-30(6)24(22)13-10-19(4)31)27(21-12-14-25-26(15-21)34-17-33-25)28(32)29-35-20(5)11-9-18(2)3/h7-16,27H,17H2,1-6H3,(H,29,32)/b8-7-,13-10+,20-11+. The first kappa shape index (κ1) is 26.2. The second-order valence-corrected chi connectivity index (χ2v) is 9.63. The van der Waals surface area contributed by atoms with E-state index in [1.807, 2.05) is 88.0 Å². The lowest BCUT2D eigenvalue weighted by molar-refractivity contribution is -0.119. The maximum Gasteiger partial charge on any atom is 0.242 e. The van der Waals surface area contributed by atoms with Gasteiger partial charge in [-0.1, -0.05) is 35.9 Å². The molecule has 7 heteroatoms. The van der Waals surface area contributed by atoms with Crippen molar-refractivity contribution in [1.82, 2.24) is 9.29 Å². The Balaban J connectivity index is 2.08. The van der Waals surface area contributed by atoms with Crippen molar-refractivity contribution in [3.8, 4) is 11.5 Å². The summed E-state index contributed by atoms with van der Waals surface area (Å²) in [4.78, 5) is 26.3. The third-order valence-corrected chi connectivity index (χ3v) is 6.14. The van der Waals surface area contributed by atoms with Crippen molar-refractivity contribution in [2.75, 3.05) is 6.79 Å². The zero-order chi connectivity index (χ0) is 25.5. The van der Waals surface area contributed by atoms with Crippen LogP contribution in [0.15, 0.2) is 59.2 Å². The van der Waals surface area contributed by atoms with Gasteiger partial charge in [-0.05, 0) is 82.0 Å². The fraction of sp³-hybridized carbons (Fsp3) is 0.286. The van der Waals surface area contributed by atoms with Crippen LogP contribution in [0.5, 0.6) is 11.5 Å². The summed E-state index contributed by atoms with van der Waals surface area (Å²) in [5, 5.41) is 0. The van der Waals surface area contributed by atoms with Crippen molar-refractivity contribution in [1.29, 1.82) is 0 Å². The van der Waals surface area contributed by atoms with Gasteiger partial charge in [-0.15, -0.1) is 0 Å². The van der Waals surface area contributed by atoms with Gasteiger partial charge in [-0.25, -0.2) is 0 Å². The highest BCUT2D eigenvalue weighted by molar-refractivity contribution is 8.01. The van der Waals surface area contributed by atoms with Gasteiger partial charge in [0.2, 0.25) is 12.7 Å². The number of carbonyl (C=O) groups is 2. The molecule has 0 saturated carbocycles. The number of ether oxygens (including phenoxy) is 2. The number of fused-ring (bicyclic) bond motifs is 1. The summed E-state index contributed by atoms with van der Waals surface area (Å²) >= 11 is 1.29. The molecule has 35 heavy (non-hydrogen) atoms. The molecule has 0 radical (unpaired) electrons. The van der Waals surface area contributed by atoms with E-state index in [2.05, 4.69) is 4.72 Å². The van der Waals surface area contributed by atoms with E-state index in [0.29, 0.717) is 11.5 Å². The number of hydrogen-bond donors (Lipinski definition) is 1. The van der Waals surface area contributed by atoms with E-state index in [4.69, 9.17) is 9.47 Å². The topological polar surface area (TPSA) is 69.6 Å². The average molecular weight is 493 g/mol. The number of benzene rings is 1. The predicted molar refractivity (Wildman–Crippen MR) is 143 cm³/mol. The molecule has 2 aromatic rings. The van der Waals surface area contributed by atoms with E-state index in [1.165, 1.54) is 30.5 Å². The second kappa shape index (κ2) is 11.8. The summed E-state index contributed by atoms with van der Waals surface area (Å²) in [5.74, 6) is 0.476. The number of rotatable bonds is 9. The van der Waals surface area contributed by atoms with Crippen LogP contribution in [-0.2, 0) is 16.6 Å². The molecule has 184 valence electrons. The number of allylic oxidation sites excluding steroid dienone is 6. The largest absolute Gasteiger partial charge is 0.454 e. The third-order valence-electron chi connectivity index (χ3n) is 5.38. The lowest BCUT2D eigenvalue weighted by atomic mass is 9.89. The molecule has 3 rings (SSSR count). The second-order valence-electron chi connectivity index (χ2n) is 8.57. The van der Waals surface area contributed by atoms with E-state index in [0.717, 1.165) is 27.3 Å². The summed E-state index contributed by atoms with van der Waals surface area (Å²) in [6.07, 6.45) is 13.2. The molecule has 1 N–H and O–H groups in total. The average Bonchev–Trinajstić information content (AvgIpc) is 3.39. The van der Waals surface area contributed by atoms with Crippen LogP contribution in [0.2, 0.25) is 0 Å². The Morgan fingerprint density at radius 1 is 1.09 bits per heavy atom. The van der Waals surface area contributed by atoms with Crippen molar-refractivity contribution in [2.45, 2.75) is 40.5 Å². The molecular formula is C28H32N2O4S. The van der Waals surface area contributed by atoms with Gasteiger partial charge in [0.05, 0.1) is 5.92 Å². The fourth-order valence-electron chi connectivity index (χ4n) is 3.74. The predicted octanol–water partition coefficient (Wildman–Crippen LogP) is 6.16. The summed E-state index contributed by atoms with van der Waals surface area (Å²) in [5.41, 5.74) is 4.53. The number of amides is 1. The Bertz CT molecular complexity index is 1230. The highest BCUT2D eigenvalue weighted by atomic mass is 32.2. The van der Waals surface area contributed by atoms with Crippen LogP contribution in [0.25, 0.3) is 12.2 Å². The van der Waals surface area contributed by atoms with E-state index in [9.17, 15) is 9.59 Å². The summed E-state index contributed by atoms with van der Waals surface area (Å²) in [7, 11) is 1.91. The van der Waals surface area contributed by atoms with Gasteiger partial charge in [-0.2, -0.15) is 0 Å². The molecule has 1 aromatic heterocycles. The third kappa shape index (κ3) is 6.57. The molecule has 1 atom stereocenters. The number of ketones is 1. The SMILES string of the molecule is C/C=C\c1c(C(C(=O)NS/C(C)=C/C=C(C)C)c2ccc3c(c2)OCO3)cn(C)c1/C=C/C(C)=O. The molecule has 0 spiro atoms. The van der Waals surface area contributed by atoms with E-state index < -0.39 is 5.92 Å². The van der Waals surface area contributed by atoms with Crippen LogP contribution >= 0.6 is 11.9 Å². The van der Waals surface area contributed by atoms with Crippen LogP contribution in [0, 0.1) is 0 Å². The van der Waals surface area contributed by atoms with Gasteiger partial charge >= 0.3 is 0 Å². The quantitative estimate of drug-likeness (QED) is 0.258. The number of hydrogen-bond acceptors (Lipinski definition) is 5. The van der Waals surface area contributed by atoms with E-state index in [1.54, 1.807) is 6.08 Å². The van der Waals surface area contributed by atoms with Gasteiger partial charge in [0.15, 0.2) is 17.3 Å². The molecule has 0 saturated heterocycles. The van der Waals surface area contributed by atoms with E-state index >= 15 is 0 Å². The highest BCUT2D eigenvalue weighted by Crippen LogP contribution is 2.39. The van der Waals surface area contributed by atoms with Gasteiger partial charge in [0.1, 0.15) is 0 Å². The van der Waals surface area contributed by atoms with Crippen molar-refractivity contribution in [3.63, 3.8) is 0 Å². The minimum absolute atomic E-state index is 0.0423. The highest BCUT2D eigenvalue weighted by Gasteiger charge is 2.29. The Hall–Kier alpha value is -3.45. The molecule has 1 aliphatic heterocycles. The molecule has 1 aliphatic rings. The van der Waals surface area contributed by atoms with Crippen molar-refractivity contribution in [2.24, 2.45) is 7.05 Å². The molecular weight excluding hydrogens is 460 g/mol. The summed E-state index contributed by atoms with van der Waals surface area (Å²) in [6, 6.07) is 5.59. The normalized spacial score (nSPS) is 13.9. The first-order valence-corrected chi connectivity index (χ1v) is 12.2. The molecule has 0 bridgehead atoms. The van der Waals surface area contributed by atoms with Crippen LogP contribution < -0.4 is 14.2 Å². The summed E-state index contributed by atoms with van der Waals surface area (Å²) in [6.45, 7) is 9.62. The van der Waals surface area contributed by atoms with Gasteiger partial charge in [0, 0.05) is 29.4 Å². The summed E-state index contributed by atoms with van der Waals surface area (Å²) < 4.78 is 16.0. The Labute approximate surface area is 211 Å². The van der Waals surface area contributed by atoms with E-state index in [-0.39, 0.29) is 18.5 Å². The van der Waals surface area contributed by atoms with Crippen LogP contribution in [0.3, 0.4) is 0 Å². The number of aryl methyl sites for hydroxylation is 1. The fourth-order valence-corrected chi connectivity index (χ4v) is 4.26. The van der Waals surface area contributed by atoms with Crippen LogP contribution in [0.4, 0.5) is 0 Å². The smallest absolute Gasteiger partial charge is 0.242 e. The van der Waals surface area contributed by atoms with Gasteiger partial charge < -0.3 is 14.0 Å².